The molecule has 19 heavy (non-hydrogen) atoms. The van der Waals surface area contributed by atoms with Crippen molar-refractivity contribution < 1.29 is 9.18 Å². The fraction of sp³-hybridized carbons (Fsp3) is 0.500. The number of rotatable bonds is 5. The molecule has 0 saturated carbocycles. The highest BCUT2D eigenvalue weighted by molar-refractivity contribution is 5.79. The van der Waals surface area contributed by atoms with Gasteiger partial charge in [0.15, 0.2) is 0 Å². The molecule has 0 aromatic heterocycles. The van der Waals surface area contributed by atoms with Crippen molar-refractivity contribution in [3.8, 4) is 0 Å². The average molecular weight is 265 g/mol. The van der Waals surface area contributed by atoms with Crippen molar-refractivity contribution in [1.82, 2.24) is 16.2 Å². The van der Waals surface area contributed by atoms with Crippen LogP contribution in [0.1, 0.15) is 18.9 Å². The molecule has 1 saturated heterocycles. The molecule has 1 aromatic rings. The van der Waals surface area contributed by atoms with Crippen molar-refractivity contribution >= 4 is 5.91 Å². The summed E-state index contributed by atoms with van der Waals surface area (Å²) in [4.78, 5) is 12.0. The van der Waals surface area contributed by atoms with Gasteiger partial charge in [0.2, 0.25) is 5.91 Å². The fourth-order valence-electron chi connectivity index (χ4n) is 2.36. The monoisotopic (exact) mass is 265 g/mol. The van der Waals surface area contributed by atoms with Crippen LogP contribution in [0.15, 0.2) is 24.3 Å². The maximum absolute atomic E-state index is 13.4. The van der Waals surface area contributed by atoms with E-state index in [2.05, 4.69) is 16.2 Å². The molecule has 1 aromatic carbocycles. The largest absolute Gasteiger partial charge is 0.355 e. The molecule has 2 atom stereocenters. The van der Waals surface area contributed by atoms with Gasteiger partial charge in [-0.2, -0.15) is 0 Å². The summed E-state index contributed by atoms with van der Waals surface area (Å²) >= 11 is 0. The van der Waals surface area contributed by atoms with Gasteiger partial charge < -0.3 is 5.32 Å². The highest BCUT2D eigenvalue weighted by atomic mass is 19.1. The lowest BCUT2D eigenvalue weighted by molar-refractivity contribution is -0.124. The third kappa shape index (κ3) is 3.52. The molecule has 1 aliphatic rings. The molecular formula is C14H20FN3O. The molecule has 0 spiro atoms. The number of hydrogen-bond acceptors (Lipinski definition) is 3. The van der Waals surface area contributed by atoms with Crippen LogP contribution in [-0.4, -0.2) is 25.0 Å². The summed E-state index contributed by atoms with van der Waals surface area (Å²) in [5, 5.41) is 2.88. The molecule has 104 valence electrons. The lowest BCUT2D eigenvalue weighted by Crippen LogP contribution is -2.39. The molecule has 1 amide bonds. The van der Waals surface area contributed by atoms with Gasteiger partial charge in [-0.15, -0.1) is 0 Å². The number of hydrogen-bond donors (Lipinski definition) is 3. The third-order valence-electron chi connectivity index (χ3n) is 3.52. The summed E-state index contributed by atoms with van der Waals surface area (Å²) in [6, 6.07) is 6.83. The molecule has 0 bridgehead atoms. The summed E-state index contributed by atoms with van der Waals surface area (Å²) in [6.07, 6.45) is 1.42. The van der Waals surface area contributed by atoms with Gasteiger partial charge in [0.1, 0.15) is 5.82 Å². The second kappa shape index (κ2) is 6.63. The van der Waals surface area contributed by atoms with E-state index in [4.69, 9.17) is 0 Å². The molecule has 0 radical (unpaired) electrons. The topological polar surface area (TPSA) is 53.2 Å². The first kappa shape index (κ1) is 14.0. The Balaban J connectivity index is 1.80. The van der Waals surface area contributed by atoms with Crippen molar-refractivity contribution in [3.63, 3.8) is 0 Å². The van der Waals surface area contributed by atoms with Crippen LogP contribution in [0.25, 0.3) is 0 Å². The van der Waals surface area contributed by atoms with Crippen molar-refractivity contribution in [2.24, 2.45) is 5.92 Å². The summed E-state index contributed by atoms with van der Waals surface area (Å²) in [5.41, 5.74) is 6.72. The molecule has 2 unspecified atom stereocenters. The third-order valence-corrected chi connectivity index (χ3v) is 3.52. The van der Waals surface area contributed by atoms with Crippen molar-refractivity contribution in [3.05, 3.63) is 35.6 Å². The highest BCUT2D eigenvalue weighted by Gasteiger charge is 2.30. The molecule has 1 fully saturated rings. The maximum atomic E-state index is 13.4. The summed E-state index contributed by atoms with van der Waals surface area (Å²) in [5.74, 6) is -0.237. The fourth-order valence-corrected chi connectivity index (χ4v) is 2.36. The van der Waals surface area contributed by atoms with Crippen molar-refractivity contribution in [2.45, 2.75) is 25.8 Å². The first-order chi connectivity index (χ1) is 9.22. The minimum Gasteiger partial charge on any atom is -0.355 e. The zero-order valence-electron chi connectivity index (χ0n) is 11.1. The summed E-state index contributed by atoms with van der Waals surface area (Å²) in [6.45, 7) is 3.15. The molecule has 2 rings (SSSR count). The number of amides is 1. The molecule has 3 N–H and O–H groups in total. The van der Waals surface area contributed by atoms with E-state index in [1.165, 1.54) is 6.07 Å². The van der Waals surface area contributed by atoms with Gasteiger partial charge in [0, 0.05) is 19.1 Å². The predicted molar refractivity (Wildman–Crippen MR) is 71.8 cm³/mol. The minimum absolute atomic E-state index is 0.0284. The Morgan fingerprint density at radius 2 is 2.26 bits per heavy atom. The Kier molecular flexibility index (Phi) is 4.87. The highest BCUT2D eigenvalue weighted by Crippen LogP contribution is 2.11. The van der Waals surface area contributed by atoms with E-state index in [1.807, 2.05) is 6.92 Å². The van der Waals surface area contributed by atoms with Gasteiger partial charge in [-0.05, 0) is 24.5 Å². The van der Waals surface area contributed by atoms with Crippen LogP contribution in [0.4, 0.5) is 4.39 Å². The van der Waals surface area contributed by atoms with Crippen LogP contribution in [0.5, 0.6) is 0 Å². The van der Waals surface area contributed by atoms with E-state index in [9.17, 15) is 9.18 Å². The molecule has 1 aliphatic heterocycles. The Morgan fingerprint density at radius 1 is 1.47 bits per heavy atom. The SMILES string of the molecule is CCC1NNCC1C(=O)NCCc1ccccc1F. The van der Waals surface area contributed by atoms with Crippen LogP contribution in [0, 0.1) is 11.7 Å². The molecule has 1 heterocycles. The molecular weight excluding hydrogens is 245 g/mol. The number of benzene rings is 1. The lowest BCUT2D eigenvalue weighted by Gasteiger charge is -2.16. The molecule has 4 nitrogen and oxygen atoms in total. The first-order valence-corrected chi connectivity index (χ1v) is 6.72. The number of carbonyl (C=O) groups excluding carboxylic acids is 1. The summed E-state index contributed by atoms with van der Waals surface area (Å²) < 4.78 is 13.4. The Morgan fingerprint density at radius 3 is 3.00 bits per heavy atom. The second-order valence-electron chi connectivity index (χ2n) is 4.78. The number of nitrogens with one attached hydrogen (secondary N) is 3. The smallest absolute Gasteiger partial charge is 0.226 e. The van der Waals surface area contributed by atoms with Crippen LogP contribution < -0.4 is 16.2 Å². The number of carbonyl (C=O) groups is 1. The van der Waals surface area contributed by atoms with Gasteiger partial charge in [-0.1, -0.05) is 25.1 Å². The van der Waals surface area contributed by atoms with Gasteiger partial charge in [0.25, 0.3) is 0 Å². The number of halogens is 1. The normalized spacial score (nSPS) is 22.4. The van der Waals surface area contributed by atoms with Gasteiger partial charge >= 0.3 is 0 Å². The zero-order chi connectivity index (χ0) is 13.7. The maximum Gasteiger partial charge on any atom is 0.226 e. The van der Waals surface area contributed by atoms with Crippen LogP contribution in [0.3, 0.4) is 0 Å². The Labute approximate surface area is 112 Å². The predicted octanol–water partition coefficient (Wildman–Crippen LogP) is 0.987. The first-order valence-electron chi connectivity index (χ1n) is 6.72. The van der Waals surface area contributed by atoms with Crippen molar-refractivity contribution in [2.75, 3.05) is 13.1 Å². The Hall–Kier alpha value is -1.46. The minimum atomic E-state index is -0.215. The van der Waals surface area contributed by atoms with Crippen LogP contribution in [0.2, 0.25) is 0 Å². The zero-order valence-corrected chi connectivity index (χ0v) is 11.1. The molecule has 5 heteroatoms. The van der Waals surface area contributed by atoms with E-state index in [0.29, 0.717) is 25.1 Å². The van der Waals surface area contributed by atoms with Crippen LogP contribution in [-0.2, 0) is 11.2 Å². The lowest BCUT2D eigenvalue weighted by atomic mass is 9.99. The number of hydrazine groups is 1. The van der Waals surface area contributed by atoms with E-state index >= 15 is 0 Å². The van der Waals surface area contributed by atoms with Crippen molar-refractivity contribution in [1.29, 1.82) is 0 Å². The van der Waals surface area contributed by atoms with Gasteiger partial charge in [-0.3, -0.25) is 15.6 Å². The van der Waals surface area contributed by atoms with Crippen LogP contribution >= 0.6 is 0 Å². The second-order valence-corrected chi connectivity index (χ2v) is 4.78. The average Bonchev–Trinajstić information content (AvgIpc) is 2.89. The standard InChI is InChI=1S/C14H20FN3O/c1-2-13-11(9-17-18-13)14(19)16-8-7-10-5-3-4-6-12(10)15/h3-6,11,13,17-18H,2,7-9H2,1H3,(H,16,19). The summed E-state index contributed by atoms with van der Waals surface area (Å²) in [7, 11) is 0. The van der Waals surface area contributed by atoms with E-state index in [-0.39, 0.29) is 23.7 Å². The Bertz CT molecular complexity index is 438. The van der Waals surface area contributed by atoms with Gasteiger partial charge in [0.05, 0.1) is 5.92 Å². The van der Waals surface area contributed by atoms with Gasteiger partial charge in [-0.25, -0.2) is 4.39 Å². The van der Waals surface area contributed by atoms with E-state index < -0.39 is 0 Å². The van der Waals surface area contributed by atoms with E-state index in [1.54, 1.807) is 18.2 Å². The quantitative estimate of drug-likeness (QED) is 0.744. The van der Waals surface area contributed by atoms with E-state index in [0.717, 1.165) is 6.42 Å². The molecule has 0 aliphatic carbocycles.